The van der Waals surface area contributed by atoms with Crippen LogP contribution in [0.25, 0.3) is 0 Å². The third-order valence-corrected chi connectivity index (χ3v) is 4.18. The summed E-state index contributed by atoms with van der Waals surface area (Å²) in [4.78, 5) is 25.0. The largest absolute Gasteiger partial charge is 0.497 e. The third kappa shape index (κ3) is 5.49. The van der Waals surface area contributed by atoms with Gasteiger partial charge in [-0.05, 0) is 47.9 Å². The average Bonchev–Trinajstić information content (AvgIpc) is 2.64. The van der Waals surface area contributed by atoms with E-state index >= 15 is 0 Å². The Hall–Kier alpha value is -2.53. The molecule has 6 heteroatoms. The van der Waals surface area contributed by atoms with Gasteiger partial charge in [0.05, 0.1) is 7.11 Å². The van der Waals surface area contributed by atoms with E-state index in [4.69, 9.17) is 16.3 Å². The van der Waals surface area contributed by atoms with Crippen molar-refractivity contribution in [3.8, 4) is 5.75 Å². The summed E-state index contributed by atoms with van der Waals surface area (Å²) in [6.07, 6.45) is 0. The molecule has 0 spiro atoms. The second kappa shape index (κ2) is 9.25. The molecule has 1 atom stereocenters. The Kier molecular flexibility index (Phi) is 7.04. The normalized spacial score (nSPS) is 11.7. The molecule has 2 N–H and O–H groups in total. The number of hydrogen-bond donors (Lipinski definition) is 2. The zero-order chi connectivity index (χ0) is 19.1. The highest BCUT2D eigenvalue weighted by molar-refractivity contribution is 6.30. The zero-order valence-electron chi connectivity index (χ0n) is 15.1. The number of carbonyl (C=O) groups excluding carboxylic acids is 2. The van der Waals surface area contributed by atoms with Gasteiger partial charge in [-0.15, -0.1) is 0 Å². The first kappa shape index (κ1) is 19.8. The molecule has 26 heavy (non-hydrogen) atoms. The molecular weight excluding hydrogens is 352 g/mol. The minimum absolute atomic E-state index is 0.0587. The predicted molar refractivity (Wildman–Crippen MR) is 102 cm³/mol. The first-order valence-corrected chi connectivity index (χ1v) is 8.75. The number of rotatable bonds is 7. The molecule has 0 aliphatic rings. The Morgan fingerprint density at radius 1 is 1.12 bits per heavy atom. The van der Waals surface area contributed by atoms with Crippen LogP contribution >= 0.6 is 11.6 Å². The van der Waals surface area contributed by atoms with E-state index in [1.807, 2.05) is 26.0 Å². The highest BCUT2D eigenvalue weighted by Gasteiger charge is 2.24. The molecule has 0 heterocycles. The fraction of sp³-hybridized carbons (Fsp3) is 0.300. The Balaban J connectivity index is 2.00. The number of hydrogen-bond acceptors (Lipinski definition) is 3. The van der Waals surface area contributed by atoms with E-state index in [0.29, 0.717) is 22.9 Å². The van der Waals surface area contributed by atoms with Gasteiger partial charge in [0.2, 0.25) is 5.91 Å². The van der Waals surface area contributed by atoms with Gasteiger partial charge in [-0.2, -0.15) is 0 Å². The summed E-state index contributed by atoms with van der Waals surface area (Å²) in [6.45, 7) is 4.12. The van der Waals surface area contributed by atoms with Gasteiger partial charge >= 0.3 is 0 Å². The molecule has 2 rings (SSSR count). The van der Waals surface area contributed by atoms with Crippen molar-refractivity contribution < 1.29 is 14.3 Å². The van der Waals surface area contributed by atoms with Crippen LogP contribution in [0.3, 0.4) is 0 Å². The molecule has 0 saturated carbocycles. The Labute approximate surface area is 158 Å². The van der Waals surface area contributed by atoms with Crippen LogP contribution in [0.5, 0.6) is 5.75 Å². The summed E-state index contributed by atoms with van der Waals surface area (Å²) in [5, 5.41) is 6.27. The van der Waals surface area contributed by atoms with Crippen LogP contribution < -0.4 is 15.4 Å². The maximum Gasteiger partial charge on any atom is 0.251 e. The van der Waals surface area contributed by atoms with Crippen molar-refractivity contribution in [2.45, 2.75) is 26.4 Å². The van der Waals surface area contributed by atoms with Crippen molar-refractivity contribution in [1.29, 1.82) is 0 Å². The summed E-state index contributed by atoms with van der Waals surface area (Å²) in [5.74, 6) is 0.0730. The van der Waals surface area contributed by atoms with Crippen LogP contribution in [0.15, 0.2) is 48.5 Å². The van der Waals surface area contributed by atoms with Crippen LogP contribution in [0.4, 0.5) is 0 Å². The molecule has 1 unspecified atom stereocenters. The topological polar surface area (TPSA) is 67.4 Å². The summed E-state index contributed by atoms with van der Waals surface area (Å²) in [5.41, 5.74) is 1.37. The molecule has 2 aromatic rings. The molecule has 0 aliphatic carbocycles. The van der Waals surface area contributed by atoms with E-state index in [1.165, 1.54) is 0 Å². The molecule has 0 aromatic heterocycles. The Morgan fingerprint density at radius 2 is 1.81 bits per heavy atom. The molecular formula is C20H23ClN2O3. The van der Waals surface area contributed by atoms with Crippen molar-refractivity contribution in [2.24, 2.45) is 5.92 Å². The maximum absolute atomic E-state index is 12.5. The van der Waals surface area contributed by atoms with Crippen LogP contribution in [0, 0.1) is 5.92 Å². The van der Waals surface area contributed by atoms with Crippen molar-refractivity contribution in [1.82, 2.24) is 10.6 Å². The van der Waals surface area contributed by atoms with Crippen LogP contribution in [0.1, 0.15) is 29.8 Å². The zero-order valence-corrected chi connectivity index (χ0v) is 15.8. The summed E-state index contributed by atoms with van der Waals surface area (Å²) >= 11 is 5.95. The summed E-state index contributed by atoms with van der Waals surface area (Å²) in [6, 6.07) is 13.4. The van der Waals surface area contributed by atoms with E-state index in [1.54, 1.807) is 43.5 Å². The highest BCUT2D eigenvalue weighted by Crippen LogP contribution is 2.13. The first-order chi connectivity index (χ1) is 12.4. The first-order valence-electron chi connectivity index (χ1n) is 8.37. The van der Waals surface area contributed by atoms with Gasteiger partial charge in [0.25, 0.3) is 5.91 Å². The number of carbonyl (C=O) groups is 2. The molecule has 2 aromatic carbocycles. The molecule has 0 radical (unpaired) electrons. The van der Waals surface area contributed by atoms with E-state index in [2.05, 4.69) is 10.6 Å². The molecule has 0 saturated heterocycles. The van der Waals surface area contributed by atoms with Crippen molar-refractivity contribution in [3.05, 3.63) is 64.7 Å². The molecule has 0 aliphatic heterocycles. The van der Waals surface area contributed by atoms with Gasteiger partial charge in [0, 0.05) is 17.1 Å². The van der Waals surface area contributed by atoms with Crippen molar-refractivity contribution in [2.75, 3.05) is 7.11 Å². The SMILES string of the molecule is COc1ccc(C(=O)NC(C(=O)NCc2cccc(Cl)c2)C(C)C)cc1. The fourth-order valence-corrected chi connectivity index (χ4v) is 2.66. The number of halogens is 1. The molecule has 0 bridgehead atoms. The maximum atomic E-state index is 12.5. The second-order valence-electron chi connectivity index (χ2n) is 6.27. The Bertz CT molecular complexity index is 760. The number of methoxy groups -OCH3 is 1. The van der Waals surface area contributed by atoms with Crippen LogP contribution in [-0.4, -0.2) is 25.0 Å². The molecule has 138 valence electrons. The minimum Gasteiger partial charge on any atom is -0.497 e. The van der Waals surface area contributed by atoms with E-state index < -0.39 is 6.04 Å². The molecule has 5 nitrogen and oxygen atoms in total. The van der Waals surface area contributed by atoms with Gasteiger partial charge < -0.3 is 15.4 Å². The lowest BCUT2D eigenvalue weighted by molar-refractivity contribution is -0.124. The molecule has 0 fully saturated rings. The second-order valence-corrected chi connectivity index (χ2v) is 6.71. The number of ether oxygens (including phenoxy) is 1. The number of benzene rings is 2. The predicted octanol–water partition coefficient (Wildman–Crippen LogP) is 3.42. The van der Waals surface area contributed by atoms with Crippen molar-refractivity contribution >= 4 is 23.4 Å². The lowest BCUT2D eigenvalue weighted by Gasteiger charge is -2.22. The number of nitrogens with one attached hydrogen (secondary N) is 2. The average molecular weight is 375 g/mol. The van der Waals surface area contributed by atoms with Gasteiger partial charge in [-0.25, -0.2) is 0 Å². The smallest absolute Gasteiger partial charge is 0.251 e. The summed E-state index contributed by atoms with van der Waals surface area (Å²) in [7, 11) is 1.56. The van der Waals surface area contributed by atoms with E-state index in [0.717, 1.165) is 5.56 Å². The highest BCUT2D eigenvalue weighted by atomic mass is 35.5. The monoisotopic (exact) mass is 374 g/mol. The Morgan fingerprint density at radius 3 is 2.38 bits per heavy atom. The summed E-state index contributed by atoms with van der Waals surface area (Å²) < 4.78 is 5.08. The van der Waals surface area contributed by atoms with E-state index in [9.17, 15) is 9.59 Å². The minimum atomic E-state index is -0.635. The molecule has 2 amide bonds. The van der Waals surface area contributed by atoms with Crippen LogP contribution in [0.2, 0.25) is 5.02 Å². The fourth-order valence-electron chi connectivity index (χ4n) is 2.45. The standard InChI is InChI=1S/C20H23ClN2O3/c1-13(2)18(20(25)22-12-14-5-4-6-16(21)11-14)23-19(24)15-7-9-17(26-3)10-8-15/h4-11,13,18H,12H2,1-3H3,(H,22,25)(H,23,24). The van der Waals surface area contributed by atoms with Gasteiger partial charge in [0.1, 0.15) is 11.8 Å². The third-order valence-electron chi connectivity index (χ3n) is 3.94. The van der Waals surface area contributed by atoms with Crippen molar-refractivity contribution in [3.63, 3.8) is 0 Å². The van der Waals surface area contributed by atoms with E-state index in [-0.39, 0.29) is 17.7 Å². The van der Waals surface area contributed by atoms with Gasteiger partial charge in [-0.1, -0.05) is 37.6 Å². The van der Waals surface area contributed by atoms with Gasteiger partial charge in [-0.3, -0.25) is 9.59 Å². The van der Waals surface area contributed by atoms with Gasteiger partial charge in [0.15, 0.2) is 0 Å². The lowest BCUT2D eigenvalue weighted by Crippen LogP contribution is -2.49. The number of amides is 2. The quantitative estimate of drug-likeness (QED) is 0.780. The van der Waals surface area contributed by atoms with Crippen LogP contribution in [-0.2, 0) is 11.3 Å². The lowest BCUT2D eigenvalue weighted by atomic mass is 10.0.